The second-order valence-electron chi connectivity index (χ2n) is 10.3. The standard InChI is InChI=1S/C28H21ClF7N5O3/c1-26-7-2-8-41(26)40(12-14-9-16(29)4-5-18(14)30)25(44)22(23(26)42)24(43)39-19-6-3-15(27(31,32)33)10-17(19)20-11-21(28(34,35)36)38-13-37-20/h3-6,9-11,13,42H,2,7-8,12H2,1H3,(H,39,43)/t26-/m1/s1. The number of carbonyl (C=O) groups is 2. The molecular weight excluding hydrogens is 623 g/mol. The van der Waals surface area contributed by atoms with E-state index < -0.39 is 75.1 Å². The number of nitrogens with one attached hydrogen (secondary N) is 1. The highest BCUT2D eigenvalue weighted by molar-refractivity contribution is 6.30. The van der Waals surface area contributed by atoms with Crippen LogP contribution in [0.4, 0.5) is 36.4 Å². The van der Waals surface area contributed by atoms with E-state index in [1.54, 1.807) is 6.92 Å². The Morgan fingerprint density at radius 2 is 1.80 bits per heavy atom. The lowest BCUT2D eigenvalue weighted by Gasteiger charge is -2.46. The molecule has 2 amide bonds. The van der Waals surface area contributed by atoms with E-state index in [1.807, 2.05) is 0 Å². The van der Waals surface area contributed by atoms with Crippen LogP contribution in [0.5, 0.6) is 0 Å². The van der Waals surface area contributed by atoms with Gasteiger partial charge in [-0.05, 0) is 62.2 Å². The number of aliphatic hydroxyl groups is 1. The number of alkyl halides is 6. The fraction of sp³-hybridized carbons (Fsp3) is 0.286. The van der Waals surface area contributed by atoms with Gasteiger partial charge < -0.3 is 10.4 Å². The van der Waals surface area contributed by atoms with E-state index in [2.05, 4.69) is 15.3 Å². The Morgan fingerprint density at radius 1 is 1.07 bits per heavy atom. The van der Waals surface area contributed by atoms with Crippen molar-refractivity contribution in [3.05, 3.63) is 87.8 Å². The maximum Gasteiger partial charge on any atom is 0.433 e. The van der Waals surface area contributed by atoms with Crippen LogP contribution in [0.15, 0.2) is 60.1 Å². The van der Waals surface area contributed by atoms with Crippen LogP contribution in [-0.4, -0.2) is 49.0 Å². The molecule has 1 saturated heterocycles. The molecule has 2 aliphatic heterocycles. The molecular formula is C28H21ClF7N5O3. The maximum absolute atomic E-state index is 14.6. The van der Waals surface area contributed by atoms with E-state index in [0.717, 1.165) is 17.1 Å². The van der Waals surface area contributed by atoms with Crippen molar-refractivity contribution < 1.29 is 45.4 Å². The SMILES string of the molecule is C[C@]12CCCN1N(Cc1cc(Cl)ccc1F)C(=O)C(C(=O)Nc1ccc(C(F)(F)F)cc1-c1cc(C(F)(F)F)ncn1)=C2O. The second kappa shape index (κ2) is 11.0. The number of fused-ring (bicyclic) bond motifs is 1. The number of nitrogens with zero attached hydrogens (tertiary/aromatic N) is 4. The molecule has 1 fully saturated rings. The summed E-state index contributed by atoms with van der Waals surface area (Å²) in [6.07, 6.45) is -8.60. The first kappa shape index (κ1) is 31.2. The second-order valence-corrected chi connectivity index (χ2v) is 10.8. The van der Waals surface area contributed by atoms with Crippen LogP contribution in [0.1, 0.15) is 36.6 Å². The van der Waals surface area contributed by atoms with Crippen molar-refractivity contribution in [2.24, 2.45) is 0 Å². The highest BCUT2D eigenvalue weighted by atomic mass is 35.5. The fourth-order valence-corrected chi connectivity index (χ4v) is 5.45. The summed E-state index contributed by atoms with van der Waals surface area (Å²) in [6.45, 7) is 1.44. The largest absolute Gasteiger partial charge is 0.509 e. The number of amides is 2. The summed E-state index contributed by atoms with van der Waals surface area (Å²) in [5, 5.41) is 16.2. The predicted octanol–water partition coefficient (Wildman–Crippen LogP) is 6.54. The number of halogens is 8. The Bertz CT molecular complexity index is 1690. The van der Waals surface area contributed by atoms with Gasteiger partial charge >= 0.3 is 12.4 Å². The van der Waals surface area contributed by atoms with Crippen molar-refractivity contribution >= 4 is 29.1 Å². The molecule has 8 nitrogen and oxygen atoms in total. The number of benzene rings is 2. The monoisotopic (exact) mass is 643 g/mol. The van der Waals surface area contributed by atoms with Crippen molar-refractivity contribution in [1.29, 1.82) is 0 Å². The molecule has 44 heavy (non-hydrogen) atoms. The van der Waals surface area contributed by atoms with Gasteiger partial charge in [0.1, 0.15) is 29.2 Å². The zero-order valence-corrected chi connectivity index (χ0v) is 23.3. The van der Waals surface area contributed by atoms with Gasteiger partial charge in [0.15, 0.2) is 0 Å². The van der Waals surface area contributed by atoms with Crippen LogP contribution in [0.2, 0.25) is 5.02 Å². The minimum absolute atomic E-state index is 0.00973. The lowest BCUT2D eigenvalue weighted by molar-refractivity contribution is -0.160. The first-order chi connectivity index (χ1) is 20.5. The lowest BCUT2D eigenvalue weighted by Crippen LogP contribution is -2.60. The van der Waals surface area contributed by atoms with Crippen LogP contribution < -0.4 is 5.32 Å². The third kappa shape index (κ3) is 5.68. The number of aliphatic hydroxyl groups excluding tert-OH is 1. The van der Waals surface area contributed by atoms with Crippen LogP contribution in [-0.2, 0) is 28.5 Å². The lowest BCUT2D eigenvalue weighted by atomic mass is 9.90. The zero-order valence-electron chi connectivity index (χ0n) is 22.5. The molecule has 0 radical (unpaired) electrons. The highest BCUT2D eigenvalue weighted by Gasteiger charge is 2.52. The number of carbonyl (C=O) groups excluding carboxylic acids is 2. The quantitative estimate of drug-likeness (QED) is 0.242. The Hall–Kier alpha value is -4.24. The van der Waals surface area contributed by atoms with E-state index in [1.165, 1.54) is 17.1 Å². The van der Waals surface area contributed by atoms with Gasteiger partial charge in [0, 0.05) is 22.7 Å². The van der Waals surface area contributed by atoms with Gasteiger partial charge in [-0.15, -0.1) is 0 Å². The first-order valence-corrected chi connectivity index (χ1v) is 13.3. The summed E-state index contributed by atoms with van der Waals surface area (Å²) in [5.74, 6) is -3.63. The van der Waals surface area contributed by atoms with E-state index in [4.69, 9.17) is 11.6 Å². The normalized spacial score (nSPS) is 19.4. The topological polar surface area (TPSA) is 98.7 Å². The van der Waals surface area contributed by atoms with Crippen LogP contribution in [0.3, 0.4) is 0 Å². The number of anilines is 1. The average molecular weight is 644 g/mol. The van der Waals surface area contributed by atoms with E-state index >= 15 is 0 Å². The molecule has 1 atom stereocenters. The van der Waals surface area contributed by atoms with Crippen LogP contribution in [0, 0.1) is 5.82 Å². The van der Waals surface area contributed by atoms with Gasteiger partial charge in [-0.3, -0.25) is 14.6 Å². The van der Waals surface area contributed by atoms with Crippen molar-refractivity contribution in [2.45, 2.75) is 44.2 Å². The molecule has 16 heteroatoms. The van der Waals surface area contributed by atoms with Gasteiger partial charge in [-0.25, -0.2) is 19.4 Å². The summed E-state index contributed by atoms with van der Waals surface area (Å²) in [5.41, 5.74) is -6.35. The molecule has 5 rings (SSSR count). The third-order valence-corrected chi connectivity index (χ3v) is 7.71. The number of rotatable bonds is 5. The van der Waals surface area contributed by atoms with E-state index in [-0.39, 0.29) is 30.1 Å². The number of hydrogen-bond acceptors (Lipinski definition) is 6. The summed E-state index contributed by atoms with van der Waals surface area (Å²) in [7, 11) is 0. The average Bonchev–Trinajstić information content (AvgIpc) is 3.35. The van der Waals surface area contributed by atoms with E-state index in [0.29, 0.717) is 30.9 Å². The molecule has 1 aromatic heterocycles. The van der Waals surface area contributed by atoms with Crippen molar-refractivity contribution in [1.82, 2.24) is 20.0 Å². The maximum atomic E-state index is 14.6. The molecule has 2 aromatic carbocycles. The molecule has 3 aromatic rings. The van der Waals surface area contributed by atoms with Gasteiger partial charge in [-0.2, -0.15) is 26.3 Å². The Balaban J connectivity index is 1.57. The summed E-state index contributed by atoms with van der Waals surface area (Å²) < 4.78 is 95.2. The number of aromatic nitrogens is 2. The Kier molecular flexibility index (Phi) is 7.82. The Labute approximate surface area is 249 Å². The highest BCUT2D eigenvalue weighted by Crippen LogP contribution is 2.43. The molecule has 3 heterocycles. The summed E-state index contributed by atoms with van der Waals surface area (Å²) in [4.78, 5) is 34.1. The molecule has 0 bridgehead atoms. The minimum atomic E-state index is -4.96. The van der Waals surface area contributed by atoms with Gasteiger partial charge in [0.05, 0.1) is 29.0 Å². The number of hydrogen-bond donors (Lipinski definition) is 2. The predicted molar refractivity (Wildman–Crippen MR) is 142 cm³/mol. The van der Waals surface area contributed by atoms with Gasteiger partial charge in [0.2, 0.25) is 0 Å². The van der Waals surface area contributed by atoms with Crippen LogP contribution >= 0.6 is 11.6 Å². The van der Waals surface area contributed by atoms with Gasteiger partial charge in [0.25, 0.3) is 11.8 Å². The molecule has 0 saturated carbocycles. The summed E-state index contributed by atoms with van der Waals surface area (Å²) >= 11 is 6.00. The molecule has 232 valence electrons. The number of hydrazine groups is 1. The molecule has 0 spiro atoms. The third-order valence-electron chi connectivity index (χ3n) is 7.47. The molecule has 0 unspecified atom stereocenters. The van der Waals surface area contributed by atoms with Crippen LogP contribution in [0.25, 0.3) is 11.3 Å². The molecule has 0 aliphatic carbocycles. The van der Waals surface area contributed by atoms with Crippen molar-refractivity contribution in [3.8, 4) is 11.3 Å². The Morgan fingerprint density at radius 3 is 2.48 bits per heavy atom. The fourth-order valence-electron chi connectivity index (χ4n) is 5.26. The smallest absolute Gasteiger partial charge is 0.433 e. The minimum Gasteiger partial charge on any atom is -0.509 e. The van der Waals surface area contributed by atoms with E-state index in [9.17, 15) is 45.4 Å². The molecule has 2 aliphatic rings. The zero-order chi connectivity index (χ0) is 32.2. The molecule has 2 N–H and O–H groups in total. The van der Waals surface area contributed by atoms with Gasteiger partial charge in [-0.1, -0.05) is 11.6 Å². The van der Waals surface area contributed by atoms with Crippen molar-refractivity contribution in [3.63, 3.8) is 0 Å². The summed E-state index contributed by atoms with van der Waals surface area (Å²) in [6, 6.07) is 5.96. The van der Waals surface area contributed by atoms with Crippen molar-refractivity contribution in [2.75, 3.05) is 11.9 Å². The first-order valence-electron chi connectivity index (χ1n) is 12.9.